The van der Waals surface area contributed by atoms with Crippen LogP contribution in [0.3, 0.4) is 0 Å². The van der Waals surface area contributed by atoms with Crippen molar-refractivity contribution in [2.45, 2.75) is 38.5 Å². The fourth-order valence-corrected chi connectivity index (χ4v) is 4.47. The van der Waals surface area contributed by atoms with Crippen LogP contribution in [0.5, 0.6) is 0 Å². The molecule has 0 bridgehead atoms. The highest BCUT2D eigenvalue weighted by Gasteiger charge is 2.42. The number of carbonyl (C=O) groups excluding carboxylic acids is 2. The standard InChI is InChI=1S/C24H27FN2O2/c25-21-7-2-1-6-20(21)18-10-8-17(9-11-18)16-24(23(26)29)12-14-27(15-13-24)22(28)19-4-3-5-19/h1-2,6-11,19H,3-5,12-16H2,(H2,26,29). The Labute approximate surface area is 170 Å². The number of carbonyl (C=O) groups is 2. The number of rotatable bonds is 5. The summed E-state index contributed by atoms with van der Waals surface area (Å²) in [7, 11) is 0. The summed E-state index contributed by atoms with van der Waals surface area (Å²) in [6.07, 6.45) is 4.85. The van der Waals surface area contributed by atoms with Crippen molar-refractivity contribution in [1.29, 1.82) is 0 Å². The number of likely N-dealkylation sites (tertiary alicyclic amines) is 1. The van der Waals surface area contributed by atoms with Gasteiger partial charge in [0.25, 0.3) is 0 Å². The smallest absolute Gasteiger partial charge is 0.225 e. The highest BCUT2D eigenvalue weighted by atomic mass is 19.1. The molecule has 1 aliphatic carbocycles. The Bertz CT molecular complexity index is 897. The number of halogens is 1. The molecule has 2 aromatic rings. The van der Waals surface area contributed by atoms with Crippen LogP contribution < -0.4 is 5.73 Å². The van der Waals surface area contributed by atoms with Gasteiger partial charge < -0.3 is 10.6 Å². The third kappa shape index (κ3) is 3.91. The van der Waals surface area contributed by atoms with Gasteiger partial charge in [0.1, 0.15) is 5.82 Å². The predicted octanol–water partition coefficient (Wildman–Crippen LogP) is 3.93. The molecule has 2 N–H and O–H groups in total. The van der Waals surface area contributed by atoms with Gasteiger partial charge in [0.15, 0.2) is 0 Å². The molecule has 0 radical (unpaired) electrons. The largest absolute Gasteiger partial charge is 0.369 e. The lowest BCUT2D eigenvalue weighted by Crippen LogP contribution is -2.51. The van der Waals surface area contributed by atoms with E-state index in [0.29, 0.717) is 37.9 Å². The van der Waals surface area contributed by atoms with Crippen LogP contribution in [0.1, 0.15) is 37.7 Å². The fraction of sp³-hybridized carbons (Fsp3) is 0.417. The summed E-state index contributed by atoms with van der Waals surface area (Å²) in [4.78, 5) is 26.8. The number of hydrogen-bond donors (Lipinski definition) is 1. The van der Waals surface area contributed by atoms with E-state index in [-0.39, 0.29) is 23.5 Å². The molecule has 1 aliphatic heterocycles. The molecule has 29 heavy (non-hydrogen) atoms. The van der Waals surface area contributed by atoms with Crippen LogP contribution in [0.2, 0.25) is 0 Å². The Morgan fingerprint density at radius 3 is 2.24 bits per heavy atom. The average Bonchev–Trinajstić information content (AvgIpc) is 2.68. The maximum Gasteiger partial charge on any atom is 0.225 e. The monoisotopic (exact) mass is 394 g/mol. The number of benzene rings is 2. The summed E-state index contributed by atoms with van der Waals surface area (Å²) in [5.74, 6) is -0.130. The van der Waals surface area contributed by atoms with Gasteiger partial charge in [0, 0.05) is 24.6 Å². The third-order valence-electron chi connectivity index (χ3n) is 6.69. The van der Waals surface area contributed by atoms with Crippen LogP contribution in [-0.4, -0.2) is 29.8 Å². The van der Waals surface area contributed by atoms with E-state index in [1.165, 1.54) is 6.07 Å². The van der Waals surface area contributed by atoms with Crippen LogP contribution in [-0.2, 0) is 16.0 Å². The Hall–Kier alpha value is -2.69. The van der Waals surface area contributed by atoms with E-state index < -0.39 is 5.41 Å². The molecular weight excluding hydrogens is 367 g/mol. The maximum absolute atomic E-state index is 14.0. The zero-order chi connectivity index (χ0) is 20.4. The van der Waals surface area contributed by atoms with Crippen LogP contribution in [0, 0.1) is 17.2 Å². The van der Waals surface area contributed by atoms with Gasteiger partial charge in [0.05, 0.1) is 5.41 Å². The Morgan fingerprint density at radius 2 is 1.69 bits per heavy atom. The molecule has 1 saturated carbocycles. The number of nitrogens with zero attached hydrogens (tertiary/aromatic N) is 1. The summed E-state index contributed by atoms with van der Waals surface area (Å²) in [5, 5.41) is 0. The third-order valence-corrected chi connectivity index (χ3v) is 6.69. The van der Waals surface area contributed by atoms with Gasteiger partial charge in [-0.15, -0.1) is 0 Å². The first-order valence-electron chi connectivity index (χ1n) is 10.4. The zero-order valence-corrected chi connectivity index (χ0v) is 16.6. The average molecular weight is 394 g/mol. The van der Waals surface area contributed by atoms with E-state index in [1.807, 2.05) is 35.2 Å². The minimum atomic E-state index is -0.629. The molecule has 0 aromatic heterocycles. The Balaban J connectivity index is 1.45. The van der Waals surface area contributed by atoms with E-state index in [0.717, 1.165) is 30.4 Å². The van der Waals surface area contributed by atoms with Crippen molar-refractivity contribution < 1.29 is 14.0 Å². The van der Waals surface area contributed by atoms with Gasteiger partial charge in [-0.2, -0.15) is 0 Å². The molecule has 0 atom stereocenters. The first-order chi connectivity index (χ1) is 14.0. The Morgan fingerprint density at radius 1 is 1.03 bits per heavy atom. The Kier molecular flexibility index (Phi) is 5.39. The normalized spacial score (nSPS) is 18.9. The van der Waals surface area contributed by atoms with Gasteiger partial charge in [-0.25, -0.2) is 4.39 Å². The van der Waals surface area contributed by atoms with Gasteiger partial charge in [-0.3, -0.25) is 9.59 Å². The van der Waals surface area contributed by atoms with Crippen molar-refractivity contribution in [2.24, 2.45) is 17.1 Å². The van der Waals surface area contributed by atoms with E-state index in [9.17, 15) is 14.0 Å². The number of amides is 2. The molecule has 5 heteroatoms. The summed E-state index contributed by atoms with van der Waals surface area (Å²) in [6.45, 7) is 1.18. The van der Waals surface area contributed by atoms with Crippen LogP contribution in [0.25, 0.3) is 11.1 Å². The molecule has 2 aliphatic rings. The highest BCUT2D eigenvalue weighted by Crippen LogP contribution is 2.37. The number of piperidine rings is 1. The summed E-state index contributed by atoms with van der Waals surface area (Å²) in [6, 6.07) is 14.3. The lowest BCUT2D eigenvalue weighted by Gasteiger charge is -2.42. The molecule has 4 nitrogen and oxygen atoms in total. The van der Waals surface area contributed by atoms with Crippen LogP contribution in [0.15, 0.2) is 48.5 Å². The van der Waals surface area contributed by atoms with Crippen molar-refractivity contribution in [3.8, 4) is 11.1 Å². The second kappa shape index (κ2) is 7.97. The second-order valence-corrected chi connectivity index (χ2v) is 8.45. The van der Waals surface area contributed by atoms with E-state index in [1.54, 1.807) is 12.1 Å². The van der Waals surface area contributed by atoms with Crippen LogP contribution in [0.4, 0.5) is 4.39 Å². The molecule has 2 aromatic carbocycles. The van der Waals surface area contributed by atoms with Gasteiger partial charge in [0.2, 0.25) is 11.8 Å². The first-order valence-corrected chi connectivity index (χ1v) is 10.4. The lowest BCUT2D eigenvalue weighted by atomic mass is 9.72. The van der Waals surface area contributed by atoms with Crippen molar-refractivity contribution >= 4 is 11.8 Å². The van der Waals surface area contributed by atoms with Gasteiger partial charge in [-0.1, -0.05) is 48.9 Å². The minimum absolute atomic E-state index is 0.182. The van der Waals surface area contributed by atoms with E-state index in [2.05, 4.69) is 0 Å². The topological polar surface area (TPSA) is 63.4 Å². The molecule has 2 amide bonds. The minimum Gasteiger partial charge on any atom is -0.369 e. The van der Waals surface area contributed by atoms with Gasteiger partial charge in [-0.05, 0) is 49.3 Å². The van der Waals surface area contributed by atoms with Crippen LogP contribution >= 0.6 is 0 Å². The van der Waals surface area contributed by atoms with E-state index in [4.69, 9.17) is 5.73 Å². The number of primary amides is 1. The highest BCUT2D eigenvalue weighted by molar-refractivity contribution is 5.83. The quantitative estimate of drug-likeness (QED) is 0.835. The summed E-state index contributed by atoms with van der Waals surface area (Å²) >= 11 is 0. The molecule has 1 saturated heterocycles. The molecule has 152 valence electrons. The summed E-state index contributed by atoms with van der Waals surface area (Å²) < 4.78 is 14.0. The molecule has 4 rings (SSSR count). The zero-order valence-electron chi connectivity index (χ0n) is 16.6. The maximum atomic E-state index is 14.0. The first kappa shape index (κ1) is 19.6. The number of nitrogens with two attached hydrogens (primary N) is 1. The molecule has 0 unspecified atom stereocenters. The number of hydrogen-bond acceptors (Lipinski definition) is 2. The molecule has 2 fully saturated rings. The van der Waals surface area contributed by atoms with Gasteiger partial charge >= 0.3 is 0 Å². The molecule has 0 spiro atoms. The van der Waals surface area contributed by atoms with E-state index >= 15 is 0 Å². The predicted molar refractivity (Wildman–Crippen MR) is 110 cm³/mol. The van der Waals surface area contributed by atoms with Crippen molar-refractivity contribution in [3.63, 3.8) is 0 Å². The summed E-state index contributed by atoms with van der Waals surface area (Å²) in [5.41, 5.74) is 7.56. The SMILES string of the molecule is NC(=O)C1(Cc2ccc(-c3ccccc3F)cc2)CCN(C(=O)C2CCC2)CC1. The second-order valence-electron chi connectivity index (χ2n) is 8.45. The lowest BCUT2D eigenvalue weighted by molar-refractivity contribution is -0.144. The fourth-order valence-electron chi connectivity index (χ4n) is 4.47. The van der Waals surface area contributed by atoms with Crippen molar-refractivity contribution in [2.75, 3.05) is 13.1 Å². The van der Waals surface area contributed by atoms with Crippen molar-refractivity contribution in [3.05, 3.63) is 59.9 Å². The van der Waals surface area contributed by atoms with Crippen molar-refractivity contribution in [1.82, 2.24) is 4.90 Å². The molecule has 1 heterocycles. The molecular formula is C24H27FN2O2.